The predicted octanol–water partition coefficient (Wildman–Crippen LogP) is 2.11. The molecule has 0 bridgehead atoms. The second-order valence-corrected chi connectivity index (χ2v) is 6.34. The lowest BCUT2D eigenvalue weighted by atomic mass is 10.1. The second kappa shape index (κ2) is 7.36. The number of anilines is 1. The number of carbonyl (C=O) groups excluding carboxylic acids is 1. The maximum absolute atomic E-state index is 11.4. The van der Waals surface area contributed by atoms with Crippen LogP contribution in [-0.4, -0.2) is 40.1 Å². The number of nitrogens with two attached hydrogens (primary N) is 1. The summed E-state index contributed by atoms with van der Waals surface area (Å²) in [5.74, 6) is -0.821. The van der Waals surface area contributed by atoms with Crippen LogP contribution in [0.2, 0.25) is 0 Å². The van der Waals surface area contributed by atoms with Crippen LogP contribution >= 0.6 is 11.3 Å². The summed E-state index contributed by atoms with van der Waals surface area (Å²) in [4.78, 5) is 31.7. The number of hydrogen-bond donors (Lipinski definition) is 3. The molecule has 0 saturated carbocycles. The van der Waals surface area contributed by atoms with E-state index >= 15 is 0 Å². The fourth-order valence-corrected chi connectivity index (χ4v) is 3.45. The normalized spacial score (nSPS) is 11.9. The quantitative estimate of drug-likeness (QED) is 0.579. The van der Waals surface area contributed by atoms with E-state index in [9.17, 15) is 14.7 Å². The molecular formula is C17H16N4O4S. The molecule has 0 saturated heterocycles. The van der Waals surface area contributed by atoms with Gasteiger partial charge < -0.3 is 20.9 Å². The zero-order chi connectivity index (χ0) is 18.7. The molecule has 4 N–H and O–H groups in total. The third-order valence-corrected chi connectivity index (χ3v) is 4.67. The van der Waals surface area contributed by atoms with Gasteiger partial charge in [-0.3, -0.25) is 4.79 Å². The fourth-order valence-electron chi connectivity index (χ4n) is 2.53. The first kappa shape index (κ1) is 17.6. The number of fused-ring (bicyclic) bond motifs is 1. The average molecular weight is 372 g/mol. The van der Waals surface area contributed by atoms with Gasteiger partial charge in [-0.25, -0.2) is 14.8 Å². The lowest BCUT2D eigenvalue weighted by Crippen LogP contribution is -2.34. The number of carboxylic acids is 1. The van der Waals surface area contributed by atoms with Crippen molar-refractivity contribution in [2.24, 2.45) is 5.73 Å². The molecule has 9 heteroatoms. The number of carboxylic acid groups (broad SMARTS) is 1. The van der Waals surface area contributed by atoms with E-state index in [1.165, 1.54) is 17.7 Å². The largest absolute Gasteiger partial charge is 0.497 e. The lowest BCUT2D eigenvalue weighted by Gasteiger charge is -2.14. The summed E-state index contributed by atoms with van der Waals surface area (Å²) in [7, 11) is 1.59. The van der Waals surface area contributed by atoms with Gasteiger partial charge in [-0.15, -0.1) is 11.3 Å². The molecule has 3 rings (SSSR count). The van der Waals surface area contributed by atoms with Crippen molar-refractivity contribution in [1.82, 2.24) is 9.97 Å². The molecule has 26 heavy (non-hydrogen) atoms. The van der Waals surface area contributed by atoms with Gasteiger partial charge in [0.25, 0.3) is 0 Å². The number of nitrogens with zero attached hydrogens (tertiary/aromatic N) is 2. The van der Waals surface area contributed by atoms with Crippen molar-refractivity contribution in [2.45, 2.75) is 12.5 Å². The minimum atomic E-state index is -1.18. The monoisotopic (exact) mass is 372 g/mol. The maximum atomic E-state index is 11.4. The molecular weight excluding hydrogens is 356 g/mol. The number of rotatable bonds is 7. The van der Waals surface area contributed by atoms with E-state index in [1.807, 2.05) is 29.6 Å². The van der Waals surface area contributed by atoms with E-state index < -0.39 is 17.9 Å². The average Bonchev–Trinajstić information content (AvgIpc) is 3.06. The van der Waals surface area contributed by atoms with Crippen molar-refractivity contribution in [1.29, 1.82) is 0 Å². The van der Waals surface area contributed by atoms with Crippen LogP contribution in [0.1, 0.15) is 6.42 Å². The second-order valence-electron chi connectivity index (χ2n) is 5.49. The van der Waals surface area contributed by atoms with Crippen LogP contribution in [-0.2, 0) is 9.59 Å². The molecule has 2 heterocycles. The van der Waals surface area contributed by atoms with Gasteiger partial charge in [0.05, 0.1) is 18.9 Å². The highest BCUT2D eigenvalue weighted by atomic mass is 32.1. The number of benzene rings is 1. The molecule has 1 atom stereocenters. The van der Waals surface area contributed by atoms with Crippen molar-refractivity contribution < 1.29 is 19.4 Å². The Hall–Kier alpha value is -3.20. The van der Waals surface area contributed by atoms with Crippen molar-refractivity contribution in [2.75, 3.05) is 12.4 Å². The zero-order valence-electron chi connectivity index (χ0n) is 13.8. The van der Waals surface area contributed by atoms with Crippen molar-refractivity contribution >= 4 is 39.2 Å². The van der Waals surface area contributed by atoms with Gasteiger partial charge >= 0.3 is 5.97 Å². The van der Waals surface area contributed by atoms with E-state index in [0.717, 1.165) is 16.9 Å². The van der Waals surface area contributed by atoms with Gasteiger partial charge in [-0.1, -0.05) is 12.1 Å². The van der Waals surface area contributed by atoms with Gasteiger partial charge in [0.15, 0.2) is 0 Å². The maximum Gasteiger partial charge on any atom is 0.326 e. The topological polar surface area (TPSA) is 127 Å². The highest BCUT2D eigenvalue weighted by Gasteiger charge is 2.22. The number of primary amides is 1. The number of ether oxygens (including phenoxy) is 1. The number of nitrogens with one attached hydrogen (secondary N) is 1. The standard InChI is InChI=1S/C17H16N4O4S/c1-25-10-4-2-9(3-5-10)11-7-26-16-14(11)15(19-8-20-16)21-12(17(23)24)6-13(18)22/h2-5,7-8,12H,6H2,1H3,(H2,18,22)(H,23,24)(H,19,20,21). The van der Waals surface area contributed by atoms with Crippen LogP contribution in [0.25, 0.3) is 21.3 Å². The highest BCUT2D eigenvalue weighted by Crippen LogP contribution is 2.37. The minimum absolute atomic E-state index is 0.343. The van der Waals surface area contributed by atoms with Gasteiger partial charge in [0.2, 0.25) is 5.91 Å². The molecule has 0 spiro atoms. The van der Waals surface area contributed by atoms with E-state index in [1.54, 1.807) is 7.11 Å². The summed E-state index contributed by atoms with van der Waals surface area (Å²) in [6.07, 6.45) is 1.00. The van der Waals surface area contributed by atoms with E-state index in [2.05, 4.69) is 15.3 Å². The number of amides is 1. The number of hydrogen-bond acceptors (Lipinski definition) is 7. The smallest absolute Gasteiger partial charge is 0.326 e. The Kier molecular flexibility index (Phi) is 4.99. The summed E-state index contributed by atoms with van der Waals surface area (Å²) >= 11 is 1.42. The van der Waals surface area contributed by atoms with Crippen LogP contribution < -0.4 is 15.8 Å². The lowest BCUT2D eigenvalue weighted by molar-refractivity contribution is -0.139. The van der Waals surface area contributed by atoms with Crippen LogP contribution in [0.4, 0.5) is 5.82 Å². The van der Waals surface area contributed by atoms with E-state index in [4.69, 9.17) is 10.5 Å². The van der Waals surface area contributed by atoms with Gasteiger partial charge in [0, 0.05) is 10.9 Å². The highest BCUT2D eigenvalue weighted by molar-refractivity contribution is 7.17. The Morgan fingerprint density at radius 2 is 2.04 bits per heavy atom. The molecule has 2 aromatic heterocycles. The van der Waals surface area contributed by atoms with Crippen molar-refractivity contribution in [3.8, 4) is 16.9 Å². The Morgan fingerprint density at radius 1 is 1.31 bits per heavy atom. The number of thiophene rings is 1. The SMILES string of the molecule is COc1ccc(-c2csc3ncnc(NC(CC(N)=O)C(=O)O)c23)cc1. The van der Waals surface area contributed by atoms with E-state index in [0.29, 0.717) is 16.0 Å². The third-order valence-electron chi connectivity index (χ3n) is 3.79. The van der Waals surface area contributed by atoms with E-state index in [-0.39, 0.29) is 6.42 Å². The summed E-state index contributed by atoms with van der Waals surface area (Å²) in [6.45, 7) is 0. The molecule has 0 fully saturated rings. The van der Waals surface area contributed by atoms with Crippen LogP contribution in [0.15, 0.2) is 36.0 Å². The molecule has 0 aliphatic carbocycles. The Morgan fingerprint density at radius 3 is 2.65 bits per heavy atom. The van der Waals surface area contributed by atoms with Crippen LogP contribution in [0.5, 0.6) is 5.75 Å². The summed E-state index contributed by atoms with van der Waals surface area (Å²) < 4.78 is 5.17. The number of aromatic nitrogens is 2. The van der Waals surface area contributed by atoms with Gasteiger partial charge in [-0.2, -0.15) is 0 Å². The summed E-state index contributed by atoms with van der Waals surface area (Å²) in [5.41, 5.74) is 6.91. The molecule has 0 aliphatic heterocycles. The fraction of sp³-hybridized carbons (Fsp3) is 0.176. The first-order valence-electron chi connectivity index (χ1n) is 7.64. The van der Waals surface area contributed by atoms with Gasteiger partial charge in [-0.05, 0) is 17.7 Å². The first-order chi connectivity index (χ1) is 12.5. The van der Waals surface area contributed by atoms with Crippen LogP contribution in [0.3, 0.4) is 0 Å². The molecule has 0 aliphatic rings. The molecule has 0 radical (unpaired) electrons. The Balaban J connectivity index is 2.04. The molecule has 1 aromatic carbocycles. The summed E-state index contributed by atoms with van der Waals surface area (Å²) in [6, 6.07) is 6.30. The Bertz CT molecular complexity index is 955. The minimum Gasteiger partial charge on any atom is -0.497 e. The van der Waals surface area contributed by atoms with Crippen molar-refractivity contribution in [3.63, 3.8) is 0 Å². The molecule has 1 amide bonds. The van der Waals surface area contributed by atoms with Crippen molar-refractivity contribution in [3.05, 3.63) is 36.0 Å². The zero-order valence-corrected chi connectivity index (χ0v) is 14.6. The molecule has 1 unspecified atom stereocenters. The first-order valence-corrected chi connectivity index (χ1v) is 8.52. The molecule has 3 aromatic rings. The summed E-state index contributed by atoms with van der Waals surface area (Å²) in [5, 5.41) is 14.7. The number of carbonyl (C=O) groups is 2. The molecule has 8 nitrogen and oxygen atoms in total. The van der Waals surface area contributed by atoms with Crippen LogP contribution in [0, 0.1) is 0 Å². The number of aliphatic carboxylic acids is 1. The molecule has 134 valence electrons. The Labute approximate surface area is 152 Å². The predicted molar refractivity (Wildman–Crippen MR) is 98.3 cm³/mol. The van der Waals surface area contributed by atoms with Gasteiger partial charge in [0.1, 0.15) is 28.8 Å². The third kappa shape index (κ3) is 3.57. The number of methoxy groups -OCH3 is 1.